The van der Waals surface area contributed by atoms with Crippen LogP contribution in [0.25, 0.3) is 0 Å². The van der Waals surface area contributed by atoms with Crippen LogP contribution in [0.1, 0.15) is 17.0 Å². The molecule has 0 aliphatic rings. The van der Waals surface area contributed by atoms with E-state index in [4.69, 9.17) is 9.47 Å². The van der Waals surface area contributed by atoms with Crippen LogP contribution >= 0.6 is 0 Å². The van der Waals surface area contributed by atoms with Crippen molar-refractivity contribution in [3.05, 3.63) is 71.8 Å². The summed E-state index contributed by atoms with van der Waals surface area (Å²) in [6, 6.07) is 16.3. The topological polar surface area (TPSA) is 49.2 Å². The number of ether oxygens (including phenoxy) is 2. The van der Waals surface area contributed by atoms with Crippen LogP contribution in [-0.4, -0.2) is 29.0 Å². The molecule has 0 atom stereocenters. The SMILES string of the molecule is COc1ccc(Cn2cnnc2CCc2ccccc2)c(OC)c1. The number of benzene rings is 2. The maximum Gasteiger partial charge on any atom is 0.133 e. The Bertz CT molecular complexity index is 784. The lowest BCUT2D eigenvalue weighted by atomic mass is 10.1. The minimum Gasteiger partial charge on any atom is -0.497 e. The molecule has 0 spiro atoms. The molecule has 5 heteroatoms. The molecule has 24 heavy (non-hydrogen) atoms. The van der Waals surface area contributed by atoms with Crippen LogP contribution in [0.2, 0.25) is 0 Å². The maximum atomic E-state index is 5.47. The highest BCUT2D eigenvalue weighted by atomic mass is 16.5. The van der Waals surface area contributed by atoms with Gasteiger partial charge in [-0.15, -0.1) is 10.2 Å². The molecule has 0 aliphatic heterocycles. The lowest BCUT2D eigenvalue weighted by Crippen LogP contribution is -2.07. The predicted molar refractivity (Wildman–Crippen MR) is 92.5 cm³/mol. The molecule has 0 radical (unpaired) electrons. The van der Waals surface area contributed by atoms with Crippen molar-refractivity contribution in [2.75, 3.05) is 14.2 Å². The Labute approximate surface area is 141 Å². The summed E-state index contributed by atoms with van der Waals surface area (Å²) in [5.74, 6) is 2.55. The van der Waals surface area contributed by atoms with Crippen molar-refractivity contribution in [2.45, 2.75) is 19.4 Å². The number of nitrogens with zero attached hydrogens (tertiary/aromatic N) is 3. The van der Waals surface area contributed by atoms with Gasteiger partial charge < -0.3 is 14.0 Å². The first-order chi connectivity index (χ1) is 11.8. The van der Waals surface area contributed by atoms with Gasteiger partial charge in [-0.05, 0) is 24.1 Å². The summed E-state index contributed by atoms with van der Waals surface area (Å²) < 4.78 is 12.8. The zero-order valence-electron chi connectivity index (χ0n) is 14.0. The molecule has 0 amide bonds. The molecule has 0 unspecified atom stereocenters. The Balaban J connectivity index is 1.74. The van der Waals surface area contributed by atoms with E-state index >= 15 is 0 Å². The quantitative estimate of drug-likeness (QED) is 0.670. The summed E-state index contributed by atoms with van der Waals surface area (Å²) in [5, 5.41) is 8.33. The summed E-state index contributed by atoms with van der Waals surface area (Å²) >= 11 is 0. The number of hydrogen-bond donors (Lipinski definition) is 0. The summed E-state index contributed by atoms with van der Waals surface area (Å²) in [5.41, 5.74) is 2.37. The molecule has 0 aliphatic carbocycles. The van der Waals surface area contributed by atoms with Crippen LogP contribution in [0.3, 0.4) is 0 Å². The Hall–Kier alpha value is -2.82. The fourth-order valence-corrected chi connectivity index (χ4v) is 2.67. The molecule has 0 saturated heterocycles. The van der Waals surface area contributed by atoms with Gasteiger partial charge in [0.15, 0.2) is 0 Å². The number of hydrogen-bond acceptors (Lipinski definition) is 4. The summed E-state index contributed by atoms with van der Waals surface area (Å²) in [4.78, 5) is 0. The zero-order chi connectivity index (χ0) is 16.8. The second-order valence-corrected chi connectivity index (χ2v) is 5.54. The molecule has 0 N–H and O–H groups in total. The van der Waals surface area contributed by atoms with Gasteiger partial charge in [0, 0.05) is 18.1 Å². The highest BCUT2D eigenvalue weighted by Crippen LogP contribution is 2.25. The molecule has 0 saturated carbocycles. The van der Waals surface area contributed by atoms with Gasteiger partial charge >= 0.3 is 0 Å². The van der Waals surface area contributed by atoms with Gasteiger partial charge in [0.1, 0.15) is 23.7 Å². The molecule has 1 heterocycles. The number of rotatable bonds is 7. The first-order valence-electron chi connectivity index (χ1n) is 7.91. The summed E-state index contributed by atoms with van der Waals surface area (Å²) in [6.45, 7) is 0.671. The first kappa shape index (κ1) is 16.1. The highest BCUT2D eigenvalue weighted by Gasteiger charge is 2.10. The molecule has 3 aromatic rings. The third kappa shape index (κ3) is 3.74. The zero-order valence-corrected chi connectivity index (χ0v) is 14.0. The number of methoxy groups -OCH3 is 2. The largest absolute Gasteiger partial charge is 0.497 e. The van der Waals surface area contributed by atoms with Crippen molar-refractivity contribution >= 4 is 0 Å². The van der Waals surface area contributed by atoms with Crippen LogP contribution in [-0.2, 0) is 19.4 Å². The van der Waals surface area contributed by atoms with Crippen LogP contribution in [0.15, 0.2) is 54.9 Å². The van der Waals surface area contributed by atoms with Gasteiger partial charge in [0.05, 0.1) is 20.8 Å². The monoisotopic (exact) mass is 323 g/mol. The normalized spacial score (nSPS) is 10.6. The minimum atomic E-state index is 0.671. The van der Waals surface area contributed by atoms with E-state index < -0.39 is 0 Å². The van der Waals surface area contributed by atoms with Gasteiger partial charge in [-0.3, -0.25) is 0 Å². The van der Waals surface area contributed by atoms with E-state index in [0.29, 0.717) is 6.54 Å². The average molecular weight is 323 g/mol. The van der Waals surface area contributed by atoms with Crippen LogP contribution in [0.5, 0.6) is 11.5 Å². The van der Waals surface area contributed by atoms with E-state index in [2.05, 4.69) is 39.0 Å². The van der Waals surface area contributed by atoms with Crippen molar-refractivity contribution in [2.24, 2.45) is 0 Å². The summed E-state index contributed by atoms with van der Waals surface area (Å²) in [6.07, 6.45) is 3.56. The smallest absolute Gasteiger partial charge is 0.133 e. The summed E-state index contributed by atoms with van der Waals surface area (Å²) in [7, 11) is 3.32. The molecule has 124 valence electrons. The third-order valence-corrected chi connectivity index (χ3v) is 4.01. The molecular weight excluding hydrogens is 302 g/mol. The number of aryl methyl sites for hydroxylation is 2. The molecule has 3 rings (SSSR count). The van der Waals surface area contributed by atoms with Crippen LogP contribution in [0.4, 0.5) is 0 Å². The average Bonchev–Trinajstić information content (AvgIpc) is 3.08. The van der Waals surface area contributed by atoms with Gasteiger partial charge in [0.2, 0.25) is 0 Å². The van der Waals surface area contributed by atoms with Crippen molar-refractivity contribution in [3.63, 3.8) is 0 Å². The van der Waals surface area contributed by atoms with Crippen molar-refractivity contribution in [3.8, 4) is 11.5 Å². The lowest BCUT2D eigenvalue weighted by molar-refractivity contribution is 0.390. The van der Waals surface area contributed by atoms with Crippen LogP contribution in [0, 0.1) is 0 Å². The second-order valence-electron chi connectivity index (χ2n) is 5.54. The van der Waals surface area contributed by atoms with Crippen molar-refractivity contribution < 1.29 is 9.47 Å². The second kappa shape index (κ2) is 7.64. The molecule has 2 aromatic carbocycles. The molecule has 0 bridgehead atoms. The Morgan fingerprint density at radius 3 is 2.54 bits per heavy atom. The third-order valence-electron chi connectivity index (χ3n) is 4.01. The molecule has 1 aromatic heterocycles. The lowest BCUT2D eigenvalue weighted by Gasteiger charge is -2.12. The highest BCUT2D eigenvalue weighted by molar-refractivity contribution is 5.40. The standard InChI is InChI=1S/C19H21N3O2/c1-23-17-10-9-16(18(12-17)24-2)13-22-14-20-21-19(22)11-8-15-6-4-3-5-7-15/h3-7,9-10,12,14H,8,11,13H2,1-2H3. The molecule has 5 nitrogen and oxygen atoms in total. The fourth-order valence-electron chi connectivity index (χ4n) is 2.67. The Morgan fingerprint density at radius 1 is 0.958 bits per heavy atom. The van der Waals surface area contributed by atoms with Crippen LogP contribution < -0.4 is 9.47 Å². The van der Waals surface area contributed by atoms with Crippen molar-refractivity contribution in [1.29, 1.82) is 0 Å². The Morgan fingerprint density at radius 2 is 1.79 bits per heavy atom. The molecule has 0 fully saturated rings. The van der Waals surface area contributed by atoms with E-state index in [1.165, 1.54) is 5.56 Å². The maximum absolute atomic E-state index is 5.47. The van der Waals surface area contributed by atoms with E-state index in [9.17, 15) is 0 Å². The fraction of sp³-hybridized carbons (Fsp3) is 0.263. The first-order valence-corrected chi connectivity index (χ1v) is 7.91. The van der Waals surface area contributed by atoms with E-state index in [1.54, 1.807) is 20.5 Å². The van der Waals surface area contributed by atoms with Gasteiger partial charge in [-0.25, -0.2) is 0 Å². The Kier molecular flexibility index (Phi) is 5.11. The van der Waals surface area contributed by atoms with Gasteiger partial charge in [0.25, 0.3) is 0 Å². The van der Waals surface area contributed by atoms with Gasteiger partial charge in [-0.2, -0.15) is 0 Å². The van der Waals surface area contributed by atoms with Crippen molar-refractivity contribution in [1.82, 2.24) is 14.8 Å². The number of aromatic nitrogens is 3. The van der Waals surface area contributed by atoms with E-state index in [-0.39, 0.29) is 0 Å². The predicted octanol–water partition coefficient (Wildman–Crippen LogP) is 3.13. The van der Waals surface area contributed by atoms with E-state index in [1.807, 2.05) is 24.3 Å². The molecular formula is C19H21N3O2. The van der Waals surface area contributed by atoms with E-state index in [0.717, 1.165) is 35.7 Å². The van der Waals surface area contributed by atoms with Gasteiger partial charge in [-0.1, -0.05) is 30.3 Å². The minimum absolute atomic E-state index is 0.671.